The first-order valence-electron chi connectivity index (χ1n) is 4.45. The molecule has 0 radical (unpaired) electrons. The van der Waals surface area contributed by atoms with Crippen LogP contribution < -0.4 is 16.0 Å². The average molecular weight is 247 g/mol. The van der Waals surface area contributed by atoms with Crippen molar-refractivity contribution < 1.29 is 17.9 Å². The van der Waals surface area contributed by atoms with Gasteiger partial charge >= 0.3 is 6.36 Å². The Hall–Kier alpha value is -2.01. The molecule has 0 aliphatic rings. The van der Waals surface area contributed by atoms with Crippen LogP contribution in [0.1, 0.15) is 11.3 Å². The van der Waals surface area contributed by atoms with Gasteiger partial charge in [-0.3, -0.25) is 4.79 Å². The van der Waals surface area contributed by atoms with Crippen molar-refractivity contribution in [3.63, 3.8) is 0 Å². The summed E-state index contributed by atoms with van der Waals surface area (Å²) in [4.78, 5) is 13.6. The third kappa shape index (κ3) is 3.49. The van der Waals surface area contributed by atoms with Crippen LogP contribution in [0.2, 0.25) is 0 Å². The van der Waals surface area contributed by atoms with Gasteiger partial charge in [0.1, 0.15) is 5.75 Å². The Morgan fingerprint density at radius 1 is 1.53 bits per heavy atom. The van der Waals surface area contributed by atoms with E-state index in [1.54, 1.807) is 6.07 Å². The fourth-order valence-corrected chi connectivity index (χ4v) is 1.19. The normalized spacial score (nSPS) is 11.0. The van der Waals surface area contributed by atoms with Gasteiger partial charge in [-0.25, -0.2) is 0 Å². The number of nitrogens with two attached hydrogens (primary N) is 1. The Kier molecular flexibility index (Phi) is 3.75. The number of nitriles is 1. The molecule has 92 valence electrons. The molecule has 8 heteroatoms. The van der Waals surface area contributed by atoms with E-state index < -0.39 is 24.1 Å². The fraction of sp³-hybridized carbons (Fsp3) is 0.333. The maximum Gasteiger partial charge on any atom is 0.573 e. The first-order valence-corrected chi connectivity index (χ1v) is 4.45. The second-order valence-corrected chi connectivity index (χ2v) is 3.05. The van der Waals surface area contributed by atoms with Gasteiger partial charge in [0.2, 0.25) is 0 Å². The van der Waals surface area contributed by atoms with E-state index >= 15 is 0 Å². The lowest BCUT2D eigenvalue weighted by atomic mass is 10.2. The summed E-state index contributed by atoms with van der Waals surface area (Å²) in [6.07, 6.45) is -5.41. The van der Waals surface area contributed by atoms with Crippen LogP contribution in [0.3, 0.4) is 0 Å². The number of aromatic nitrogens is 1. The molecule has 0 saturated carbocycles. The Morgan fingerprint density at radius 3 is 2.65 bits per heavy atom. The molecular weight excluding hydrogens is 239 g/mol. The summed E-state index contributed by atoms with van der Waals surface area (Å²) in [5, 5.41) is 8.43. The van der Waals surface area contributed by atoms with Crippen molar-refractivity contribution in [2.24, 2.45) is 5.73 Å². The molecule has 3 N–H and O–H groups in total. The summed E-state index contributed by atoms with van der Waals surface area (Å²) in [6.45, 7) is -0.143. The minimum atomic E-state index is -4.93. The predicted octanol–water partition coefficient (Wildman–Crippen LogP) is 0.798. The van der Waals surface area contributed by atoms with Gasteiger partial charge < -0.3 is 15.5 Å². The van der Waals surface area contributed by atoms with E-state index in [1.807, 2.05) is 0 Å². The third-order valence-corrected chi connectivity index (χ3v) is 1.85. The van der Waals surface area contributed by atoms with Crippen molar-refractivity contribution in [3.8, 4) is 11.8 Å². The van der Waals surface area contributed by atoms with E-state index in [-0.39, 0.29) is 17.8 Å². The second-order valence-electron chi connectivity index (χ2n) is 3.05. The SMILES string of the molecule is N#CCc1c(OC(F)(F)F)cc(CN)[nH]c1=O. The number of H-pyrrole nitrogens is 1. The summed E-state index contributed by atoms with van der Waals surface area (Å²) < 4.78 is 39.9. The van der Waals surface area contributed by atoms with Gasteiger partial charge in [0, 0.05) is 18.3 Å². The first kappa shape index (κ1) is 13.1. The highest BCUT2D eigenvalue weighted by Gasteiger charge is 2.32. The van der Waals surface area contributed by atoms with Gasteiger partial charge in [-0.05, 0) is 0 Å². The van der Waals surface area contributed by atoms with E-state index in [4.69, 9.17) is 11.0 Å². The van der Waals surface area contributed by atoms with Gasteiger partial charge in [0.15, 0.2) is 0 Å². The highest BCUT2D eigenvalue weighted by atomic mass is 19.4. The van der Waals surface area contributed by atoms with Crippen LogP contribution in [0.15, 0.2) is 10.9 Å². The quantitative estimate of drug-likeness (QED) is 0.826. The standard InChI is InChI=1S/C9H8F3N3O2/c10-9(11,12)17-7-3-5(4-14)15-8(16)6(7)1-2-13/h3H,1,4,14H2,(H,15,16). The van der Waals surface area contributed by atoms with E-state index in [9.17, 15) is 18.0 Å². The van der Waals surface area contributed by atoms with Crippen LogP contribution in [-0.2, 0) is 13.0 Å². The number of nitrogens with one attached hydrogen (secondary N) is 1. The van der Waals surface area contributed by atoms with E-state index in [2.05, 4.69) is 9.72 Å². The first-order chi connectivity index (χ1) is 7.87. The molecule has 1 rings (SSSR count). The minimum Gasteiger partial charge on any atom is -0.405 e. The monoisotopic (exact) mass is 247 g/mol. The van der Waals surface area contributed by atoms with Crippen LogP contribution in [-0.4, -0.2) is 11.3 Å². The predicted molar refractivity (Wildman–Crippen MR) is 51.0 cm³/mol. The number of rotatable bonds is 3. The average Bonchev–Trinajstić information content (AvgIpc) is 2.20. The Bertz CT molecular complexity index is 502. The molecule has 0 aliphatic carbocycles. The molecule has 0 amide bonds. The van der Waals surface area contributed by atoms with Gasteiger partial charge in [0.25, 0.3) is 5.56 Å². The summed E-state index contributed by atoms with van der Waals surface area (Å²) >= 11 is 0. The van der Waals surface area contributed by atoms with Crippen molar-refractivity contribution in [1.29, 1.82) is 5.26 Å². The molecule has 0 unspecified atom stereocenters. The van der Waals surface area contributed by atoms with Gasteiger partial charge in [0.05, 0.1) is 18.1 Å². The molecule has 17 heavy (non-hydrogen) atoms. The zero-order valence-electron chi connectivity index (χ0n) is 8.47. The highest BCUT2D eigenvalue weighted by Crippen LogP contribution is 2.25. The molecule has 0 bridgehead atoms. The molecule has 0 spiro atoms. The fourth-order valence-electron chi connectivity index (χ4n) is 1.19. The van der Waals surface area contributed by atoms with Crippen LogP contribution >= 0.6 is 0 Å². The van der Waals surface area contributed by atoms with E-state index in [0.717, 1.165) is 6.07 Å². The number of hydrogen-bond donors (Lipinski definition) is 2. The zero-order chi connectivity index (χ0) is 13.1. The maximum atomic E-state index is 12.1. The molecular formula is C9H8F3N3O2. The number of halogens is 3. The van der Waals surface area contributed by atoms with Gasteiger partial charge in [-0.15, -0.1) is 13.2 Å². The molecule has 0 saturated heterocycles. The van der Waals surface area contributed by atoms with Gasteiger partial charge in [-0.1, -0.05) is 0 Å². The topological polar surface area (TPSA) is 91.9 Å². The van der Waals surface area contributed by atoms with Crippen LogP contribution in [0, 0.1) is 11.3 Å². The van der Waals surface area contributed by atoms with Crippen molar-refractivity contribution in [2.75, 3.05) is 0 Å². The summed E-state index contributed by atoms with van der Waals surface area (Å²) in [5.74, 6) is -0.691. The largest absolute Gasteiger partial charge is 0.573 e. The number of alkyl halides is 3. The minimum absolute atomic E-state index is 0.0935. The number of ether oxygens (including phenoxy) is 1. The van der Waals surface area contributed by atoms with Crippen molar-refractivity contribution in [3.05, 3.63) is 27.7 Å². The second kappa shape index (κ2) is 4.88. The zero-order valence-corrected chi connectivity index (χ0v) is 8.47. The molecule has 1 heterocycles. The van der Waals surface area contributed by atoms with Crippen LogP contribution in [0.5, 0.6) is 5.75 Å². The van der Waals surface area contributed by atoms with Crippen LogP contribution in [0.25, 0.3) is 0 Å². The van der Waals surface area contributed by atoms with E-state index in [0.29, 0.717) is 0 Å². The lowest BCUT2D eigenvalue weighted by molar-refractivity contribution is -0.274. The summed E-state index contributed by atoms with van der Waals surface area (Å²) in [5.41, 5.74) is 4.11. The third-order valence-electron chi connectivity index (χ3n) is 1.85. The number of pyridine rings is 1. The lowest BCUT2D eigenvalue weighted by Gasteiger charge is -2.12. The molecule has 0 fully saturated rings. The Morgan fingerprint density at radius 2 is 2.18 bits per heavy atom. The number of aromatic amines is 1. The molecule has 0 atom stereocenters. The summed E-state index contributed by atoms with van der Waals surface area (Å²) in [6, 6.07) is 2.55. The molecule has 1 aromatic rings. The van der Waals surface area contributed by atoms with Crippen molar-refractivity contribution in [2.45, 2.75) is 19.3 Å². The Labute approximate surface area is 93.6 Å². The van der Waals surface area contributed by atoms with E-state index in [1.165, 1.54) is 0 Å². The molecule has 5 nitrogen and oxygen atoms in total. The van der Waals surface area contributed by atoms with Crippen LogP contribution in [0.4, 0.5) is 13.2 Å². The number of hydrogen-bond acceptors (Lipinski definition) is 4. The molecule has 0 aliphatic heterocycles. The number of nitrogens with zero attached hydrogens (tertiary/aromatic N) is 1. The smallest absolute Gasteiger partial charge is 0.405 e. The lowest BCUT2D eigenvalue weighted by Crippen LogP contribution is -2.23. The van der Waals surface area contributed by atoms with Crippen molar-refractivity contribution >= 4 is 0 Å². The highest BCUT2D eigenvalue weighted by molar-refractivity contribution is 5.35. The summed E-state index contributed by atoms with van der Waals surface area (Å²) in [7, 11) is 0. The Balaban J connectivity index is 3.28. The maximum absolute atomic E-state index is 12.1. The molecule has 0 aromatic carbocycles. The van der Waals surface area contributed by atoms with Crippen molar-refractivity contribution in [1.82, 2.24) is 4.98 Å². The van der Waals surface area contributed by atoms with Gasteiger partial charge in [-0.2, -0.15) is 5.26 Å². The molecule has 1 aromatic heterocycles.